The van der Waals surface area contributed by atoms with E-state index in [1.165, 1.54) is 32.1 Å². The molecule has 1 aliphatic carbocycles. The molecule has 0 atom stereocenters. The number of para-hydroxylation sites is 1. The highest BCUT2D eigenvalue weighted by atomic mass is 35.5. The number of ether oxygens (including phenoxy) is 1. The van der Waals surface area contributed by atoms with Gasteiger partial charge < -0.3 is 10.1 Å². The first-order valence-electron chi connectivity index (χ1n) is 6.84. The predicted octanol–water partition coefficient (Wildman–Crippen LogP) is 4.03. The molecule has 3 nitrogen and oxygen atoms in total. The third kappa shape index (κ3) is 4.43. The summed E-state index contributed by atoms with van der Waals surface area (Å²) in [5.41, 5.74) is 1.55. The van der Waals surface area contributed by atoms with Crippen LogP contribution in [0.5, 0.6) is 0 Å². The molecule has 0 unspecified atom stereocenters. The maximum Gasteiger partial charge on any atom is 0.340 e. The topological polar surface area (TPSA) is 38.3 Å². The van der Waals surface area contributed by atoms with Crippen LogP contribution in [0.1, 0.15) is 49.4 Å². The highest BCUT2D eigenvalue weighted by Crippen LogP contribution is 2.24. The second kappa shape index (κ2) is 8.05. The predicted molar refractivity (Wildman–Crippen MR) is 80.1 cm³/mol. The summed E-state index contributed by atoms with van der Waals surface area (Å²) in [6.45, 7) is 2.24. The number of nitrogens with one attached hydrogen (secondary N) is 1. The summed E-state index contributed by atoms with van der Waals surface area (Å²) in [6, 6.07) is 8.10. The van der Waals surface area contributed by atoms with Crippen LogP contribution < -0.4 is 5.32 Å². The molecule has 19 heavy (non-hydrogen) atoms. The Morgan fingerprint density at radius 3 is 2.63 bits per heavy atom. The van der Waals surface area contributed by atoms with Crippen LogP contribution in [0.4, 0.5) is 5.69 Å². The Hall–Kier alpha value is -1.22. The van der Waals surface area contributed by atoms with Crippen LogP contribution in [0.3, 0.4) is 0 Å². The van der Waals surface area contributed by atoms with Gasteiger partial charge in [-0.1, -0.05) is 31.4 Å². The van der Waals surface area contributed by atoms with E-state index in [1.54, 1.807) is 0 Å². The van der Waals surface area contributed by atoms with Crippen molar-refractivity contribution in [2.24, 2.45) is 0 Å². The molecular formula is C15H22ClNO2. The van der Waals surface area contributed by atoms with Gasteiger partial charge in [-0.05, 0) is 31.9 Å². The maximum atomic E-state index is 11.8. The third-order valence-electron chi connectivity index (χ3n) is 3.39. The van der Waals surface area contributed by atoms with Gasteiger partial charge in [-0.2, -0.15) is 0 Å². The Morgan fingerprint density at radius 1 is 1.26 bits per heavy atom. The van der Waals surface area contributed by atoms with Crippen molar-refractivity contribution in [3.8, 4) is 0 Å². The minimum atomic E-state index is -0.239. The summed E-state index contributed by atoms with van der Waals surface area (Å²) in [4.78, 5) is 11.8. The van der Waals surface area contributed by atoms with Gasteiger partial charge in [0.15, 0.2) is 0 Å². The lowest BCUT2D eigenvalue weighted by molar-refractivity contribution is 0.0527. The Bertz CT molecular complexity index is 403. The van der Waals surface area contributed by atoms with Gasteiger partial charge in [-0.3, -0.25) is 0 Å². The van der Waals surface area contributed by atoms with Crippen molar-refractivity contribution in [2.75, 3.05) is 11.9 Å². The molecule has 0 radical (unpaired) electrons. The van der Waals surface area contributed by atoms with Crippen LogP contribution in [0.15, 0.2) is 24.3 Å². The number of esters is 1. The minimum Gasteiger partial charge on any atom is -0.462 e. The standard InChI is InChI=1S/C15H21NO2.ClH/c1-2-18-15(17)13-10-6-7-11-14(13)16-12-8-4-3-5-9-12;/h6-7,10-12,16H,2-5,8-9H2,1H3;1H. The Labute approximate surface area is 121 Å². The second-order valence-electron chi connectivity index (χ2n) is 4.75. The SMILES string of the molecule is CCOC(=O)c1ccccc1NC1CCCCC1.Cl. The molecular weight excluding hydrogens is 262 g/mol. The van der Waals surface area contributed by atoms with Crippen molar-refractivity contribution in [1.29, 1.82) is 0 Å². The molecule has 1 saturated carbocycles. The highest BCUT2D eigenvalue weighted by molar-refractivity contribution is 5.95. The Morgan fingerprint density at radius 2 is 1.95 bits per heavy atom. The summed E-state index contributed by atoms with van der Waals surface area (Å²) in [6.07, 6.45) is 6.27. The van der Waals surface area contributed by atoms with Crippen LogP contribution in [0.2, 0.25) is 0 Å². The molecule has 1 fully saturated rings. The van der Waals surface area contributed by atoms with Crippen LogP contribution in [-0.4, -0.2) is 18.6 Å². The lowest BCUT2D eigenvalue weighted by atomic mass is 9.95. The lowest BCUT2D eigenvalue weighted by Gasteiger charge is -2.24. The number of carbonyl (C=O) groups is 1. The van der Waals surface area contributed by atoms with Gasteiger partial charge in [0.25, 0.3) is 0 Å². The number of carbonyl (C=O) groups excluding carboxylic acids is 1. The molecule has 0 amide bonds. The van der Waals surface area contributed by atoms with Crippen LogP contribution in [-0.2, 0) is 4.74 Å². The molecule has 1 aliphatic rings. The number of hydrogen-bond donors (Lipinski definition) is 1. The van der Waals surface area contributed by atoms with Crippen LogP contribution >= 0.6 is 12.4 Å². The average Bonchev–Trinajstić information content (AvgIpc) is 2.41. The van der Waals surface area contributed by atoms with Crippen LogP contribution in [0.25, 0.3) is 0 Å². The summed E-state index contributed by atoms with van der Waals surface area (Å²) < 4.78 is 5.08. The molecule has 4 heteroatoms. The van der Waals surface area contributed by atoms with Gasteiger partial charge >= 0.3 is 5.97 Å². The molecule has 1 N–H and O–H groups in total. The van der Waals surface area contributed by atoms with E-state index in [0.717, 1.165) is 5.69 Å². The third-order valence-corrected chi connectivity index (χ3v) is 3.39. The van der Waals surface area contributed by atoms with E-state index in [9.17, 15) is 4.79 Å². The molecule has 0 aliphatic heterocycles. The number of benzene rings is 1. The van der Waals surface area contributed by atoms with E-state index < -0.39 is 0 Å². The fourth-order valence-electron chi connectivity index (χ4n) is 2.46. The molecule has 2 rings (SSSR count). The number of rotatable bonds is 4. The van der Waals surface area contributed by atoms with Gasteiger partial charge in [-0.15, -0.1) is 12.4 Å². The lowest BCUT2D eigenvalue weighted by Crippen LogP contribution is -2.23. The molecule has 1 aromatic carbocycles. The number of hydrogen-bond acceptors (Lipinski definition) is 3. The van der Waals surface area contributed by atoms with Crippen molar-refractivity contribution in [3.05, 3.63) is 29.8 Å². The summed E-state index contributed by atoms with van der Waals surface area (Å²) in [5, 5.41) is 3.49. The number of anilines is 1. The van der Waals surface area contributed by atoms with Crippen molar-refractivity contribution < 1.29 is 9.53 Å². The minimum absolute atomic E-state index is 0. The monoisotopic (exact) mass is 283 g/mol. The van der Waals surface area contributed by atoms with Crippen molar-refractivity contribution in [2.45, 2.75) is 45.1 Å². The molecule has 0 saturated heterocycles. The smallest absolute Gasteiger partial charge is 0.340 e. The first kappa shape index (κ1) is 15.8. The molecule has 106 valence electrons. The highest BCUT2D eigenvalue weighted by Gasteiger charge is 2.17. The summed E-state index contributed by atoms with van der Waals surface area (Å²) in [7, 11) is 0. The van der Waals surface area contributed by atoms with E-state index in [1.807, 2.05) is 31.2 Å². The molecule has 0 bridgehead atoms. The second-order valence-corrected chi connectivity index (χ2v) is 4.75. The molecule has 1 aromatic rings. The van der Waals surface area contributed by atoms with Gasteiger partial charge in [0, 0.05) is 11.7 Å². The Kier molecular flexibility index (Phi) is 6.71. The maximum absolute atomic E-state index is 11.8. The first-order valence-corrected chi connectivity index (χ1v) is 6.84. The quantitative estimate of drug-likeness (QED) is 0.848. The first-order chi connectivity index (χ1) is 8.81. The zero-order valence-corrected chi connectivity index (χ0v) is 12.2. The molecule has 0 aromatic heterocycles. The van der Waals surface area contributed by atoms with Crippen LogP contribution in [0, 0.1) is 0 Å². The average molecular weight is 284 g/mol. The van der Waals surface area contributed by atoms with E-state index >= 15 is 0 Å². The van der Waals surface area contributed by atoms with Crippen molar-refractivity contribution in [1.82, 2.24) is 0 Å². The summed E-state index contributed by atoms with van der Waals surface area (Å²) >= 11 is 0. The summed E-state index contributed by atoms with van der Waals surface area (Å²) in [5.74, 6) is -0.239. The van der Waals surface area contributed by atoms with Crippen molar-refractivity contribution in [3.63, 3.8) is 0 Å². The van der Waals surface area contributed by atoms with Gasteiger partial charge in [0.2, 0.25) is 0 Å². The van der Waals surface area contributed by atoms with E-state index in [0.29, 0.717) is 18.2 Å². The zero-order chi connectivity index (χ0) is 12.8. The number of halogens is 1. The van der Waals surface area contributed by atoms with E-state index in [2.05, 4.69) is 5.32 Å². The van der Waals surface area contributed by atoms with Gasteiger partial charge in [0.05, 0.1) is 12.2 Å². The fraction of sp³-hybridized carbons (Fsp3) is 0.533. The van der Waals surface area contributed by atoms with Gasteiger partial charge in [-0.25, -0.2) is 4.79 Å². The normalized spacial score (nSPS) is 15.4. The molecule has 0 heterocycles. The largest absolute Gasteiger partial charge is 0.462 e. The van der Waals surface area contributed by atoms with E-state index in [4.69, 9.17) is 4.74 Å². The Balaban J connectivity index is 0.00000180. The van der Waals surface area contributed by atoms with E-state index in [-0.39, 0.29) is 18.4 Å². The fourth-order valence-corrected chi connectivity index (χ4v) is 2.46. The van der Waals surface area contributed by atoms with Crippen molar-refractivity contribution >= 4 is 24.1 Å². The molecule has 0 spiro atoms. The zero-order valence-electron chi connectivity index (χ0n) is 11.4. The van der Waals surface area contributed by atoms with Gasteiger partial charge in [0.1, 0.15) is 0 Å².